The summed E-state index contributed by atoms with van der Waals surface area (Å²) in [6.45, 7) is 4.09. The van der Waals surface area contributed by atoms with Gasteiger partial charge in [0.1, 0.15) is 5.82 Å². The van der Waals surface area contributed by atoms with Crippen LogP contribution in [-0.4, -0.2) is 43.3 Å². The fraction of sp³-hybridized carbons (Fsp3) is 0.250. The van der Waals surface area contributed by atoms with Gasteiger partial charge < -0.3 is 4.74 Å². The highest BCUT2D eigenvalue weighted by molar-refractivity contribution is 7.80. The number of carbonyl (C=O) groups excluding carboxylic acids is 1. The predicted octanol–water partition coefficient (Wildman–Crippen LogP) is 5.46. The van der Waals surface area contributed by atoms with E-state index in [0.717, 1.165) is 40.8 Å². The number of nitrogens with one attached hydrogen (secondary N) is 1. The normalized spacial score (nSPS) is 11.0. The van der Waals surface area contributed by atoms with Crippen molar-refractivity contribution in [2.45, 2.75) is 51.0 Å². The molecule has 5 aromatic rings. The average molecular weight is 581 g/mol. The third-order valence-electron chi connectivity index (χ3n) is 7.37. The second-order valence-corrected chi connectivity index (χ2v) is 10.5. The molecule has 10 heteroatoms. The number of methoxy groups -OCH3 is 1. The van der Waals surface area contributed by atoms with Crippen molar-refractivity contribution in [3.05, 3.63) is 111 Å². The highest BCUT2D eigenvalue weighted by Crippen LogP contribution is 2.33. The number of ether oxygens (including phenoxy) is 1. The lowest BCUT2D eigenvalue weighted by Crippen LogP contribution is -2.30. The van der Waals surface area contributed by atoms with Crippen molar-refractivity contribution in [2.24, 2.45) is 0 Å². The Morgan fingerprint density at radius 3 is 2.43 bits per heavy atom. The molecule has 214 valence electrons. The second-order valence-electron chi connectivity index (χ2n) is 9.99. The van der Waals surface area contributed by atoms with Gasteiger partial charge in [-0.05, 0) is 59.4 Å². The number of aromatic amines is 1. The molecule has 1 N–H and O–H groups in total. The lowest BCUT2D eigenvalue weighted by molar-refractivity contribution is 0.0599. The Bertz CT molecular complexity index is 1780. The van der Waals surface area contributed by atoms with Gasteiger partial charge in [0.2, 0.25) is 5.82 Å². The summed E-state index contributed by atoms with van der Waals surface area (Å²) in [4.78, 5) is 32.4. The van der Waals surface area contributed by atoms with E-state index in [9.17, 15) is 9.59 Å². The molecular weight excluding hydrogens is 548 g/mol. The smallest absolute Gasteiger partial charge is 0.338 e. The van der Waals surface area contributed by atoms with E-state index in [2.05, 4.69) is 40.2 Å². The Labute approximate surface area is 249 Å². The van der Waals surface area contributed by atoms with Gasteiger partial charge in [0.25, 0.3) is 5.56 Å². The summed E-state index contributed by atoms with van der Waals surface area (Å²) < 4.78 is 6.62. The molecule has 0 aliphatic carbocycles. The molecule has 0 spiro atoms. The number of unbranched alkanes of at least 4 members (excludes halogenated alkanes) is 1. The molecule has 0 amide bonds. The maximum atomic E-state index is 14.3. The van der Waals surface area contributed by atoms with Gasteiger partial charge in [0.05, 0.1) is 24.9 Å². The lowest BCUT2D eigenvalue weighted by Gasteiger charge is -2.19. The molecule has 42 heavy (non-hydrogen) atoms. The molecule has 0 aliphatic rings. The largest absolute Gasteiger partial charge is 0.465 e. The van der Waals surface area contributed by atoms with Crippen LogP contribution in [0.5, 0.6) is 0 Å². The van der Waals surface area contributed by atoms with E-state index >= 15 is 0 Å². The summed E-state index contributed by atoms with van der Waals surface area (Å²) in [6, 6.07) is 21.1. The van der Waals surface area contributed by atoms with Crippen LogP contribution in [0.15, 0.2) is 76.4 Å². The first kappa shape index (κ1) is 28.9. The number of esters is 1. The van der Waals surface area contributed by atoms with Crippen molar-refractivity contribution in [3.63, 3.8) is 0 Å². The van der Waals surface area contributed by atoms with Crippen LogP contribution < -0.4 is 5.56 Å². The zero-order valence-corrected chi connectivity index (χ0v) is 24.7. The first-order chi connectivity index (χ1) is 20.4. The van der Waals surface area contributed by atoms with Gasteiger partial charge in [0, 0.05) is 22.4 Å². The molecule has 5 rings (SSSR count). The molecular formula is C32H32N6O3S. The summed E-state index contributed by atoms with van der Waals surface area (Å²) in [6.07, 6.45) is 2.97. The number of nitrogens with zero attached hydrogens (tertiary/aromatic N) is 5. The van der Waals surface area contributed by atoms with E-state index < -0.39 is 5.97 Å². The van der Waals surface area contributed by atoms with Crippen molar-refractivity contribution in [1.29, 1.82) is 0 Å². The van der Waals surface area contributed by atoms with Crippen molar-refractivity contribution in [3.8, 4) is 22.5 Å². The van der Waals surface area contributed by atoms with Gasteiger partial charge in [-0.15, -0.1) is 22.8 Å². The SMILES string of the molecule is CCCCc1nc(C)n(Cc2c(S)cccc2C(=O)OC)c(=O)c1Cc1ccccc1-c1ccccc1-c1nn[nH]n1. The number of carbonyl (C=O) groups is 1. The van der Waals surface area contributed by atoms with Crippen LogP contribution in [-0.2, 0) is 24.1 Å². The average Bonchev–Trinajstić information content (AvgIpc) is 3.55. The molecule has 3 aromatic carbocycles. The minimum atomic E-state index is -0.478. The van der Waals surface area contributed by atoms with Crippen LogP contribution in [0.1, 0.15) is 58.3 Å². The highest BCUT2D eigenvalue weighted by Gasteiger charge is 2.21. The maximum Gasteiger partial charge on any atom is 0.338 e. The molecule has 0 saturated carbocycles. The summed E-state index contributed by atoms with van der Waals surface area (Å²) in [5.74, 6) is 0.599. The third kappa shape index (κ3) is 5.89. The number of aryl methyl sites for hydroxylation is 2. The first-order valence-corrected chi connectivity index (χ1v) is 14.3. The molecule has 0 radical (unpaired) electrons. The van der Waals surface area contributed by atoms with Crippen molar-refractivity contribution >= 4 is 18.6 Å². The number of H-pyrrole nitrogens is 1. The lowest BCUT2D eigenvalue weighted by atomic mass is 9.91. The van der Waals surface area contributed by atoms with Gasteiger partial charge in [-0.2, -0.15) is 5.21 Å². The molecule has 0 unspecified atom stereocenters. The Morgan fingerprint density at radius 2 is 1.71 bits per heavy atom. The predicted molar refractivity (Wildman–Crippen MR) is 164 cm³/mol. The van der Waals surface area contributed by atoms with Gasteiger partial charge in [-0.25, -0.2) is 9.78 Å². The molecule has 0 aliphatic heterocycles. The molecule has 0 saturated heterocycles. The van der Waals surface area contributed by atoms with E-state index in [1.54, 1.807) is 22.8 Å². The molecule has 2 aromatic heterocycles. The second kappa shape index (κ2) is 12.9. The van der Waals surface area contributed by atoms with Crippen LogP contribution in [0.4, 0.5) is 0 Å². The number of hydrogen-bond acceptors (Lipinski definition) is 8. The summed E-state index contributed by atoms with van der Waals surface area (Å²) in [7, 11) is 1.34. The number of thiol groups is 1. The number of benzene rings is 3. The van der Waals surface area contributed by atoms with Gasteiger partial charge in [0.15, 0.2) is 0 Å². The third-order valence-corrected chi connectivity index (χ3v) is 7.79. The zero-order chi connectivity index (χ0) is 29.6. The van der Waals surface area contributed by atoms with Crippen molar-refractivity contribution < 1.29 is 9.53 Å². The van der Waals surface area contributed by atoms with E-state index in [4.69, 9.17) is 9.72 Å². The number of tetrazole rings is 1. The molecule has 0 bridgehead atoms. The zero-order valence-electron chi connectivity index (χ0n) is 23.8. The Hall–Kier alpha value is -4.57. The van der Waals surface area contributed by atoms with E-state index in [1.807, 2.05) is 55.5 Å². The highest BCUT2D eigenvalue weighted by atomic mass is 32.1. The number of hydrogen-bond donors (Lipinski definition) is 2. The maximum absolute atomic E-state index is 14.3. The fourth-order valence-corrected chi connectivity index (χ4v) is 5.47. The Kier molecular flexibility index (Phi) is 8.92. The number of aromatic nitrogens is 6. The molecule has 2 heterocycles. The summed E-state index contributed by atoms with van der Waals surface area (Å²) in [5, 5.41) is 14.6. The first-order valence-electron chi connectivity index (χ1n) is 13.8. The van der Waals surface area contributed by atoms with Crippen molar-refractivity contribution in [2.75, 3.05) is 7.11 Å². The monoisotopic (exact) mass is 580 g/mol. The molecule has 0 fully saturated rings. The van der Waals surface area contributed by atoms with Gasteiger partial charge >= 0.3 is 5.97 Å². The summed E-state index contributed by atoms with van der Waals surface area (Å²) >= 11 is 4.60. The minimum Gasteiger partial charge on any atom is -0.465 e. The van der Waals surface area contributed by atoms with Crippen LogP contribution in [0.3, 0.4) is 0 Å². The van der Waals surface area contributed by atoms with Gasteiger partial charge in [-0.1, -0.05) is 67.9 Å². The van der Waals surface area contributed by atoms with E-state index in [1.165, 1.54) is 7.11 Å². The number of rotatable bonds is 10. The van der Waals surface area contributed by atoms with Crippen LogP contribution in [0, 0.1) is 6.92 Å². The fourth-order valence-electron chi connectivity index (χ4n) is 5.19. The quantitative estimate of drug-likeness (QED) is 0.167. The van der Waals surface area contributed by atoms with Crippen molar-refractivity contribution in [1.82, 2.24) is 30.2 Å². The van der Waals surface area contributed by atoms with E-state index in [0.29, 0.717) is 46.1 Å². The standard InChI is InChI=1S/C32H32N6O3S/c1-4-5-16-28-26(31(39)38(20(2)33-28)19-27-25(32(40)41-3)15-10-17-29(27)42)18-21-11-6-7-12-22(21)23-13-8-9-14-24(23)30-34-36-37-35-30/h6-15,17,42H,4-5,16,18-19H2,1-3H3,(H,34,35,36,37). The molecule has 9 nitrogen and oxygen atoms in total. The van der Waals surface area contributed by atoms with Gasteiger partial charge in [-0.3, -0.25) is 9.36 Å². The van der Waals surface area contributed by atoms with E-state index in [-0.39, 0.29) is 12.1 Å². The molecule has 0 atom stereocenters. The Balaban J connectivity index is 1.63. The topological polar surface area (TPSA) is 116 Å². The summed E-state index contributed by atoms with van der Waals surface area (Å²) in [5.41, 5.74) is 6.01. The van der Waals surface area contributed by atoms with Crippen LogP contribution >= 0.6 is 12.6 Å². The van der Waals surface area contributed by atoms with Crippen LogP contribution in [0.25, 0.3) is 22.5 Å². The minimum absolute atomic E-state index is 0.137. The Morgan fingerprint density at radius 1 is 0.976 bits per heavy atom. The van der Waals surface area contributed by atoms with Crippen LogP contribution in [0.2, 0.25) is 0 Å².